The second-order valence-corrected chi connectivity index (χ2v) is 8.24. The van der Waals surface area contributed by atoms with E-state index < -0.39 is 0 Å². The summed E-state index contributed by atoms with van der Waals surface area (Å²) in [6.45, 7) is 17.1. The van der Waals surface area contributed by atoms with Gasteiger partial charge in [-0.1, -0.05) is 33.8 Å². The summed E-state index contributed by atoms with van der Waals surface area (Å²) in [7, 11) is 0. The summed E-state index contributed by atoms with van der Waals surface area (Å²) >= 11 is 0. The molecule has 1 unspecified atom stereocenters. The molecule has 1 amide bonds. The standard InChI is InChI=1S/C17H32N2O/c1-13(16(2,3)4)9-8-10-15(20)19-11-14(12-19)18-17(5,6)7/h8,10,13-14,18H,9,11-12H2,1-7H3/b10-8+. The van der Waals surface area contributed by atoms with Gasteiger partial charge in [0.2, 0.25) is 5.91 Å². The highest BCUT2D eigenvalue weighted by atomic mass is 16.2. The van der Waals surface area contributed by atoms with Crippen molar-refractivity contribution in [3.8, 4) is 0 Å². The Bertz CT molecular complexity index is 354. The Labute approximate surface area is 124 Å². The van der Waals surface area contributed by atoms with Crippen LogP contribution in [0.15, 0.2) is 12.2 Å². The Hall–Kier alpha value is -0.830. The van der Waals surface area contributed by atoms with E-state index in [0.29, 0.717) is 17.4 Å². The molecule has 20 heavy (non-hydrogen) atoms. The Balaban J connectivity index is 2.29. The summed E-state index contributed by atoms with van der Waals surface area (Å²) in [4.78, 5) is 13.9. The van der Waals surface area contributed by atoms with Gasteiger partial charge in [0.25, 0.3) is 0 Å². The van der Waals surface area contributed by atoms with Crippen molar-refractivity contribution in [2.24, 2.45) is 11.3 Å². The number of rotatable bonds is 4. The van der Waals surface area contributed by atoms with Crippen LogP contribution in [0.1, 0.15) is 54.9 Å². The molecule has 1 fully saturated rings. The van der Waals surface area contributed by atoms with Crippen LogP contribution in [0.25, 0.3) is 0 Å². The van der Waals surface area contributed by atoms with Crippen LogP contribution in [0.3, 0.4) is 0 Å². The summed E-state index contributed by atoms with van der Waals surface area (Å²) in [5, 5.41) is 3.52. The zero-order chi connectivity index (χ0) is 15.6. The SMILES string of the molecule is CC(C/C=C/C(=O)N1CC(NC(C)(C)C)C1)C(C)(C)C. The van der Waals surface area contributed by atoms with Crippen LogP contribution in [0.4, 0.5) is 0 Å². The molecule has 1 aliphatic heterocycles. The first-order chi connectivity index (χ1) is 8.99. The molecule has 0 bridgehead atoms. The third kappa shape index (κ3) is 5.66. The molecule has 1 N–H and O–H groups in total. The quantitative estimate of drug-likeness (QED) is 0.802. The van der Waals surface area contributed by atoms with Gasteiger partial charge in [-0.3, -0.25) is 4.79 Å². The molecule has 0 aromatic heterocycles. The first-order valence-electron chi connectivity index (χ1n) is 7.72. The first-order valence-corrected chi connectivity index (χ1v) is 7.72. The highest BCUT2D eigenvalue weighted by Crippen LogP contribution is 2.28. The van der Waals surface area contributed by atoms with E-state index in [1.54, 1.807) is 6.08 Å². The Morgan fingerprint density at radius 3 is 2.25 bits per heavy atom. The fourth-order valence-electron chi connectivity index (χ4n) is 2.19. The van der Waals surface area contributed by atoms with E-state index in [0.717, 1.165) is 19.5 Å². The lowest BCUT2D eigenvalue weighted by Gasteiger charge is -2.42. The van der Waals surface area contributed by atoms with Gasteiger partial charge in [-0.05, 0) is 44.6 Å². The molecule has 1 heterocycles. The second kappa shape index (κ2) is 6.30. The third-order valence-corrected chi connectivity index (χ3v) is 4.06. The summed E-state index contributed by atoms with van der Waals surface area (Å²) in [5.74, 6) is 0.733. The summed E-state index contributed by atoms with van der Waals surface area (Å²) < 4.78 is 0. The van der Waals surface area contributed by atoms with Gasteiger partial charge in [0.05, 0.1) is 0 Å². The number of allylic oxidation sites excluding steroid dienone is 1. The smallest absolute Gasteiger partial charge is 0.246 e. The van der Waals surface area contributed by atoms with Crippen LogP contribution < -0.4 is 5.32 Å². The highest BCUT2D eigenvalue weighted by molar-refractivity contribution is 5.88. The predicted molar refractivity (Wildman–Crippen MR) is 85.6 cm³/mol. The summed E-state index contributed by atoms with van der Waals surface area (Å²) in [5.41, 5.74) is 0.420. The first kappa shape index (κ1) is 17.2. The molecule has 3 heteroatoms. The topological polar surface area (TPSA) is 32.3 Å². The average molecular weight is 280 g/mol. The predicted octanol–water partition coefficient (Wildman–Crippen LogP) is 3.21. The molecule has 3 nitrogen and oxygen atoms in total. The van der Waals surface area contributed by atoms with Crippen molar-refractivity contribution in [2.75, 3.05) is 13.1 Å². The van der Waals surface area contributed by atoms with E-state index >= 15 is 0 Å². The van der Waals surface area contributed by atoms with Crippen molar-refractivity contribution >= 4 is 5.91 Å². The van der Waals surface area contributed by atoms with E-state index in [1.807, 2.05) is 11.0 Å². The Morgan fingerprint density at radius 2 is 1.80 bits per heavy atom. The molecular weight excluding hydrogens is 248 g/mol. The van der Waals surface area contributed by atoms with E-state index in [-0.39, 0.29) is 11.4 Å². The molecule has 1 saturated heterocycles. The molecule has 1 aliphatic rings. The van der Waals surface area contributed by atoms with Crippen LogP contribution in [-0.2, 0) is 4.79 Å². The molecule has 0 spiro atoms. The minimum absolute atomic E-state index is 0.123. The molecule has 0 aliphatic carbocycles. The number of likely N-dealkylation sites (tertiary alicyclic amines) is 1. The average Bonchev–Trinajstić information content (AvgIpc) is 2.19. The fraction of sp³-hybridized carbons (Fsp3) is 0.824. The van der Waals surface area contributed by atoms with Crippen molar-refractivity contribution in [2.45, 2.75) is 66.5 Å². The van der Waals surface area contributed by atoms with Gasteiger partial charge in [0.1, 0.15) is 0 Å². The summed E-state index contributed by atoms with van der Waals surface area (Å²) in [6.07, 6.45) is 4.74. The lowest BCUT2D eigenvalue weighted by Crippen LogP contribution is -2.63. The number of nitrogens with zero attached hydrogens (tertiary/aromatic N) is 1. The molecule has 0 aromatic rings. The molecule has 0 saturated carbocycles. The van der Waals surface area contributed by atoms with Crippen LogP contribution in [0.2, 0.25) is 0 Å². The largest absolute Gasteiger partial charge is 0.336 e. The zero-order valence-corrected chi connectivity index (χ0v) is 14.3. The lowest BCUT2D eigenvalue weighted by molar-refractivity contribution is -0.131. The van der Waals surface area contributed by atoms with Gasteiger partial charge < -0.3 is 10.2 Å². The number of carbonyl (C=O) groups is 1. The number of carbonyl (C=O) groups excluding carboxylic acids is 1. The van der Waals surface area contributed by atoms with E-state index in [1.165, 1.54) is 0 Å². The van der Waals surface area contributed by atoms with Crippen molar-refractivity contribution in [1.82, 2.24) is 10.2 Å². The van der Waals surface area contributed by atoms with E-state index in [2.05, 4.69) is 53.8 Å². The van der Waals surface area contributed by atoms with Crippen molar-refractivity contribution in [3.63, 3.8) is 0 Å². The highest BCUT2D eigenvalue weighted by Gasteiger charge is 2.31. The van der Waals surface area contributed by atoms with Crippen molar-refractivity contribution < 1.29 is 4.79 Å². The fourth-order valence-corrected chi connectivity index (χ4v) is 2.19. The van der Waals surface area contributed by atoms with Crippen LogP contribution in [0, 0.1) is 11.3 Å². The minimum Gasteiger partial charge on any atom is -0.336 e. The van der Waals surface area contributed by atoms with Crippen LogP contribution in [-0.4, -0.2) is 35.5 Å². The lowest BCUT2D eigenvalue weighted by atomic mass is 9.80. The Kier molecular flexibility index (Phi) is 5.42. The van der Waals surface area contributed by atoms with Crippen LogP contribution >= 0.6 is 0 Å². The van der Waals surface area contributed by atoms with Gasteiger partial charge in [-0.2, -0.15) is 0 Å². The third-order valence-electron chi connectivity index (χ3n) is 4.06. The van der Waals surface area contributed by atoms with Crippen molar-refractivity contribution in [3.05, 3.63) is 12.2 Å². The number of nitrogens with one attached hydrogen (secondary N) is 1. The molecule has 1 rings (SSSR count). The monoisotopic (exact) mass is 280 g/mol. The maximum atomic E-state index is 12.0. The Morgan fingerprint density at radius 1 is 1.25 bits per heavy atom. The van der Waals surface area contributed by atoms with Gasteiger partial charge in [-0.15, -0.1) is 0 Å². The number of hydrogen-bond acceptors (Lipinski definition) is 2. The van der Waals surface area contributed by atoms with Gasteiger partial charge in [0, 0.05) is 24.7 Å². The van der Waals surface area contributed by atoms with Gasteiger partial charge >= 0.3 is 0 Å². The number of hydrogen-bond donors (Lipinski definition) is 1. The van der Waals surface area contributed by atoms with Gasteiger partial charge in [0.15, 0.2) is 0 Å². The normalized spacial score (nSPS) is 19.2. The van der Waals surface area contributed by atoms with E-state index in [9.17, 15) is 4.79 Å². The van der Waals surface area contributed by atoms with Gasteiger partial charge in [-0.25, -0.2) is 0 Å². The molecule has 0 aromatic carbocycles. The molecule has 0 radical (unpaired) electrons. The second-order valence-electron chi connectivity index (χ2n) is 8.24. The molecule has 116 valence electrons. The van der Waals surface area contributed by atoms with Crippen molar-refractivity contribution in [1.29, 1.82) is 0 Å². The molecule has 1 atom stereocenters. The minimum atomic E-state index is 0.123. The van der Waals surface area contributed by atoms with Crippen LogP contribution in [0.5, 0.6) is 0 Å². The zero-order valence-electron chi connectivity index (χ0n) is 14.3. The number of amides is 1. The van der Waals surface area contributed by atoms with E-state index in [4.69, 9.17) is 0 Å². The molecular formula is C17H32N2O. The summed E-state index contributed by atoms with van der Waals surface area (Å²) in [6, 6.07) is 0.445. The maximum Gasteiger partial charge on any atom is 0.246 e. The maximum absolute atomic E-state index is 12.0.